The molecule has 0 aliphatic rings. The molecule has 0 bridgehead atoms. The van der Waals surface area contributed by atoms with E-state index in [-0.39, 0.29) is 17.7 Å². The number of rotatable bonds is 9. The molecule has 5 heteroatoms. The summed E-state index contributed by atoms with van der Waals surface area (Å²) in [4.78, 5) is 10.5. The van der Waals surface area contributed by atoms with Crippen LogP contribution in [0.15, 0.2) is 48.5 Å². The van der Waals surface area contributed by atoms with E-state index in [2.05, 4.69) is 6.92 Å². The van der Waals surface area contributed by atoms with Gasteiger partial charge in [0.1, 0.15) is 11.5 Å². The lowest BCUT2D eigenvalue weighted by Crippen LogP contribution is -2.09. The predicted octanol–water partition coefficient (Wildman–Crippen LogP) is 4.79. The van der Waals surface area contributed by atoms with E-state index in [1.165, 1.54) is 5.56 Å². The van der Waals surface area contributed by atoms with Crippen molar-refractivity contribution in [3.05, 3.63) is 59.7 Å². The minimum absolute atomic E-state index is 0.110. The van der Waals surface area contributed by atoms with Crippen molar-refractivity contribution < 1.29 is 19.7 Å². The molecular weight excluding hydrogens is 340 g/mol. The largest absolute Gasteiger partial charge is 0.508 e. The average Bonchev–Trinajstić information content (AvgIpc) is 2.59. The number of ether oxygens (including phenoxy) is 1. The second kappa shape index (κ2) is 9.33. The van der Waals surface area contributed by atoms with Crippen molar-refractivity contribution in [3.63, 3.8) is 0 Å². The summed E-state index contributed by atoms with van der Waals surface area (Å²) in [6.07, 6.45) is 2.73. The minimum Gasteiger partial charge on any atom is -0.508 e. The highest BCUT2D eigenvalue weighted by molar-refractivity contribution is 6.20. The minimum atomic E-state index is -0.986. The Morgan fingerprint density at radius 1 is 1.16 bits per heavy atom. The monoisotopic (exact) mass is 362 g/mol. The van der Waals surface area contributed by atoms with E-state index in [1.54, 1.807) is 30.3 Å². The molecule has 2 rings (SSSR count). The number of phenols is 1. The summed E-state index contributed by atoms with van der Waals surface area (Å²) < 4.78 is 5.13. The number of aromatic hydroxyl groups is 1. The molecule has 2 aromatic rings. The molecule has 2 atom stereocenters. The number of phenolic OH excluding ortho intramolecular Hbond substituents is 1. The number of aliphatic carboxylic acids is 1. The molecule has 0 aliphatic heterocycles. The van der Waals surface area contributed by atoms with Gasteiger partial charge in [0, 0.05) is 0 Å². The highest BCUT2D eigenvalue weighted by atomic mass is 35.5. The van der Waals surface area contributed by atoms with Crippen LogP contribution in [0.25, 0.3) is 0 Å². The van der Waals surface area contributed by atoms with E-state index >= 15 is 0 Å². The molecule has 0 saturated heterocycles. The maximum Gasteiger partial charge on any atom is 0.341 e. The highest BCUT2D eigenvalue weighted by Gasteiger charge is 2.12. The number of carbonyl (C=O) groups is 1. The van der Waals surface area contributed by atoms with E-state index < -0.39 is 5.97 Å². The van der Waals surface area contributed by atoms with Crippen LogP contribution in [0.3, 0.4) is 0 Å². The zero-order valence-corrected chi connectivity index (χ0v) is 14.9. The lowest BCUT2D eigenvalue weighted by Gasteiger charge is -2.15. The van der Waals surface area contributed by atoms with Crippen LogP contribution in [0, 0.1) is 5.92 Å². The Bertz CT molecular complexity index is 684. The van der Waals surface area contributed by atoms with E-state index in [9.17, 15) is 9.90 Å². The van der Waals surface area contributed by atoms with Gasteiger partial charge in [0.15, 0.2) is 6.61 Å². The number of carboxylic acid groups (broad SMARTS) is 1. The highest BCUT2D eigenvalue weighted by Crippen LogP contribution is 2.30. The third-order valence-corrected chi connectivity index (χ3v) is 4.48. The number of carboxylic acids is 1. The molecule has 134 valence electrons. The molecule has 25 heavy (non-hydrogen) atoms. The zero-order chi connectivity index (χ0) is 18.2. The van der Waals surface area contributed by atoms with Gasteiger partial charge in [-0.2, -0.15) is 0 Å². The molecule has 0 fully saturated rings. The predicted molar refractivity (Wildman–Crippen MR) is 98.4 cm³/mol. The Labute approximate surface area is 153 Å². The molecule has 0 saturated carbocycles. The summed E-state index contributed by atoms with van der Waals surface area (Å²) >= 11 is 6.43. The zero-order valence-electron chi connectivity index (χ0n) is 14.2. The Kier molecular flexibility index (Phi) is 7.14. The van der Waals surface area contributed by atoms with Gasteiger partial charge in [-0.3, -0.25) is 0 Å². The molecular formula is C20H23ClO4. The number of halogens is 1. The number of hydrogen-bond acceptors (Lipinski definition) is 3. The Balaban J connectivity index is 1.79. The first kappa shape index (κ1) is 19.1. The van der Waals surface area contributed by atoms with Gasteiger partial charge in [-0.1, -0.05) is 31.2 Å². The Morgan fingerprint density at radius 2 is 1.88 bits per heavy atom. The summed E-state index contributed by atoms with van der Waals surface area (Å²) in [6, 6.07) is 14.6. The van der Waals surface area contributed by atoms with Crippen molar-refractivity contribution in [1.82, 2.24) is 0 Å². The summed E-state index contributed by atoms with van der Waals surface area (Å²) in [5.74, 6) is 0.273. The Morgan fingerprint density at radius 3 is 2.52 bits per heavy atom. The molecule has 4 nitrogen and oxygen atoms in total. The van der Waals surface area contributed by atoms with Crippen molar-refractivity contribution >= 4 is 17.6 Å². The first-order chi connectivity index (χ1) is 11.9. The second-order valence-corrected chi connectivity index (χ2v) is 6.80. The summed E-state index contributed by atoms with van der Waals surface area (Å²) in [5, 5.41) is 18.0. The lowest BCUT2D eigenvalue weighted by molar-refractivity contribution is -0.139. The number of benzene rings is 2. The first-order valence-electron chi connectivity index (χ1n) is 8.30. The van der Waals surface area contributed by atoms with E-state index in [0.717, 1.165) is 24.8 Å². The van der Waals surface area contributed by atoms with Gasteiger partial charge in [-0.25, -0.2) is 4.79 Å². The molecule has 0 radical (unpaired) electrons. The molecule has 0 aromatic heterocycles. The van der Waals surface area contributed by atoms with Gasteiger partial charge in [0.25, 0.3) is 0 Å². The fourth-order valence-corrected chi connectivity index (χ4v) is 2.95. The normalized spacial score (nSPS) is 13.2. The van der Waals surface area contributed by atoms with Gasteiger partial charge in [0.2, 0.25) is 0 Å². The first-order valence-corrected chi connectivity index (χ1v) is 8.74. The van der Waals surface area contributed by atoms with Gasteiger partial charge >= 0.3 is 5.97 Å². The van der Waals surface area contributed by atoms with Crippen LogP contribution < -0.4 is 4.74 Å². The number of alkyl halides is 1. The molecule has 0 amide bonds. The SMILES string of the molecule is C[C@@H](CCC(Cl)c1cccc(O)c1)Cc1ccc(OCC(=O)O)cc1. The quantitative estimate of drug-likeness (QED) is 0.629. The number of hydrogen-bond donors (Lipinski definition) is 2. The lowest BCUT2D eigenvalue weighted by atomic mass is 9.94. The molecule has 2 aromatic carbocycles. The summed E-state index contributed by atoms with van der Waals surface area (Å²) in [7, 11) is 0. The maximum absolute atomic E-state index is 10.5. The molecule has 0 aliphatic carbocycles. The van der Waals surface area contributed by atoms with Crippen molar-refractivity contribution in [2.24, 2.45) is 5.92 Å². The fraction of sp³-hybridized carbons (Fsp3) is 0.350. The van der Waals surface area contributed by atoms with Gasteiger partial charge in [-0.15, -0.1) is 11.6 Å². The fourth-order valence-electron chi connectivity index (χ4n) is 2.69. The van der Waals surface area contributed by atoms with Gasteiger partial charge in [-0.05, 0) is 60.6 Å². The Hall–Kier alpha value is -2.20. The van der Waals surface area contributed by atoms with Crippen LogP contribution in [0.1, 0.15) is 36.3 Å². The van der Waals surface area contributed by atoms with Crippen molar-refractivity contribution in [2.45, 2.75) is 31.6 Å². The van der Waals surface area contributed by atoms with Crippen LogP contribution in [-0.2, 0) is 11.2 Å². The van der Waals surface area contributed by atoms with Crippen LogP contribution in [0.5, 0.6) is 11.5 Å². The summed E-state index contributed by atoms with van der Waals surface area (Å²) in [5.41, 5.74) is 2.12. The topological polar surface area (TPSA) is 66.8 Å². The van der Waals surface area contributed by atoms with E-state index in [1.807, 2.05) is 18.2 Å². The molecule has 2 N–H and O–H groups in total. The van der Waals surface area contributed by atoms with Gasteiger partial charge < -0.3 is 14.9 Å². The van der Waals surface area contributed by atoms with Crippen molar-refractivity contribution in [3.8, 4) is 11.5 Å². The van der Waals surface area contributed by atoms with Crippen molar-refractivity contribution in [2.75, 3.05) is 6.61 Å². The van der Waals surface area contributed by atoms with Gasteiger partial charge in [0.05, 0.1) is 5.38 Å². The smallest absolute Gasteiger partial charge is 0.341 e. The van der Waals surface area contributed by atoms with Crippen LogP contribution in [0.2, 0.25) is 0 Å². The maximum atomic E-state index is 10.5. The summed E-state index contributed by atoms with van der Waals surface area (Å²) in [6.45, 7) is 1.85. The second-order valence-electron chi connectivity index (χ2n) is 6.28. The van der Waals surface area contributed by atoms with Crippen molar-refractivity contribution in [1.29, 1.82) is 0 Å². The molecule has 0 heterocycles. The third-order valence-electron chi connectivity index (χ3n) is 4.01. The third kappa shape index (κ3) is 6.67. The van der Waals surface area contributed by atoms with E-state index in [0.29, 0.717) is 11.7 Å². The van der Waals surface area contributed by atoms with Crippen LogP contribution in [0.4, 0.5) is 0 Å². The standard InChI is InChI=1S/C20H23ClO4/c1-14(5-10-19(21)16-3-2-4-17(22)12-16)11-15-6-8-18(9-7-15)25-13-20(23)24/h2-4,6-9,12,14,19,22H,5,10-11,13H2,1H3,(H,23,24)/t14-,19?/m0/s1. The molecule has 1 unspecified atom stereocenters. The van der Waals surface area contributed by atoms with Crippen LogP contribution in [-0.4, -0.2) is 22.8 Å². The van der Waals surface area contributed by atoms with E-state index in [4.69, 9.17) is 21.4 Å². The van der Waals surface area contributed by atoms with Crippen LogP contribution >= 0.6 is 11.6 Å². The molecule has 0 spiro atoms. The average molecular weight is 363 g/mol.